The Kier molecular flexibility index (Phi) is 11.3. The Balaban J connectivity index is 1.16. The second-order valence-corrected chi connectivity index (χ2v) is 12.2. The molecule has 0 aliphatic carbocycles. The van der Waals surface area contributed by atoms with E-state index >= 15 is 0 Å². The number of piperidine rings is 1. The van der Waals surface area contributed by atoms with Crippen LogP contribution in [0.1, 0.15) is 47.0 Å². The largest absolute Gasteiger partial charge is 0.493 e. The molecule has 2 heterocycles. The predicted molar refractivity (Wildman–Crippen MR) is 167 cm³/mol. The van der Waals surface area contributed by atoms with Crippen molar-refractivity contribution >= 4 is 23.0 Å². The average molecular weight is 582 g/mol. The molecule has 0 atom stereocenters. The van der Waals surface area contributed by atoms with Gasteiger partial charge in [-0.2, -0.15) is 0 Å². The highest BCUT2D eigenvalue weighted by Crippen LogP contribution is 2.31. The SMILES string of the molecule is CC(C)COc1ccc(N2CCN(CCC(=O)N3CCC(Nc4ccc([N+](=O)[O-])c(OCC(C)C)c4)CC3)CC2)cc1. The van der Waals surface area contributed by atoms with Gasteiger partial charge in [0.05, 0.1) is 18.1 Å². The topological polar surface area (TPSA) is 100 Å². The van der Waals surface area contributed by atoms with E-state index in [4.69, 9.17) is 9.47 Å². The number of piperazine rings is 1. The Morgan fingerprint density at radius 2 is 1.57 bits per heavy atom. The lowest BCUT2D eigenvalue weighted by molar-refractivity contribution is -0.385. The van der Waals surface area contributed by atoms with Crippen LogP contribution >= 0.6 is 0 Å². The molecule has 2 saturated heterocycles. The summed E-state index contributed by atoms with van der Waals surface area (Å²) in [6, 6.07) is 13.5. The monoisotopic (exact) mass is 581 g/mol. The van der Waals surface area contributed by atoms with Gasteiger partial charge in [0.15, 0.2) is 5.75 Å². The highest BCUT2D eigenvalue weighted by Gasteiger charge is 2.25. The van der Waals surface area contributed by atoms with Crippen LogP contribution in [0, 0.1) is 22.0 Å². The van der Waals surface area contributed by atoms with Crippen LogP contribution in [-0.2, 0) is 4.79 Å². The van der Waals surface area contributed by atoms with Crippen LogP contribution in [0.5, 0.6) is 11.5 Å². The molecule has 42 heavy (non-hydrogen) atoms. The van der Waals surface area contributed by atoms with Crippen molar-refractivity contribution in [3.63, 3.8) is 0 Å². The minimum Gasteiger partial charge on any atom is -0.493 e. The van der Waals surface area contributed by atoms with Crippen molar-refractivity contribution in [1.82, 2.24) is 9.80 Å². The molecule has 0 spiro atoms. The number of hydrogen-bond donors (Lipinski definition) is 1. The molecule has 10 heteroatoms. The highest BCUT2D eigenvalue weighted by atomic mass is 16.6. The Bertz CT molecular complexity index is 1160. The molecule has 0 bridgehead atoms. The molecule has 10 nitrogen and oxygen atoms in total. The zero-order valence-corrected chi connectivity index (χ0v) is 25.6. The number of benzene rings is 2. The summed E-state index contributed by atoms with van der Waals surface area (Å²) in [5.74, 6) is 2.19. The third kappa shape index (κ3) is 9.24. The number of likely N-dealkylation sites (tertiary alicyclic amines) is 1. The van der Waals surface area contributed by atoms with E-state index in [1.54, 1.807) is 12.1 Å². The molecular weight excluding hydrogens is 534 g/mol. The number of nitrogens with one attached hydrogen (secondary N) is 1. The second-order valence-electron chi connectivity index (χ2n) is 12.2. The predicted octanol–water partition coefficient (Wildman–Crippen LogP) is 5.28. The maximum Gasteiger partial charge on any atom is 0.311 e. The van der Waals surface area contributed by atoms with Crippen LogP contribution < -0.4 is 19.7 Å². The van der Waals surface area contributed by atoms with Gasteiger partial charge in [0.1, 0.15) is 5.75 Å². The molecule has 1 N–H and O–H groups in total. The lowest BCUT2D eigenvalue weighted by Gasteiger charge is -2.37. The molecule has 0 unspecified atom stereocenters. The van der Waals surface area contributed by atoms with Crippen molar-refractivity contribution < 1.29 is 19.2 Å². The normalized spacial score (nSPS) is 16.6. The third-order valence-electron chi connectivity index (χ3n) is 7.75. The lowest BCUT2D eigenvalue weighted by Crippen LogP contribution is -2.48. The van der Waals surface area contributed by atoms with Gasteiger partial charge in [-0.3, -0.25) is 19.8 Å². The molecular formula is C32H47N5O5. The number of ether oxygens (including phenoxy) is 2. The lowest BCUT2D eigenvalue weighted by atomic mass is 10.0. The molecule has 0 aromatic heterocycles. The van der Waals surface area contributed by atoms with Crippen LogP contribution in [0.2, 0.25) is 0 Å². The average Bonchev–Trinajstić information content (AvgIpc) is 2.98. The van der Waals surface area contributed by atoms with Gasteiger partial charge < -0.3 is 24.6 Å². The van der Waals surface area contributed by atoms with Gasteiger partial charge in [-0.05, 0) is 55.0 Å². The summed E-state index contributed by atoms with van der Waals surface area (Å²) in [5, 5.41) is 14.9. The quantitative estimate of drug-likeness (QED) is 0.252. The summed E-state index contributed by atoms with van der Waals surface area (Å²) in [6.45, 7) is 15.5. The molecule has 0 saturated carbocycles. The number of hydrogen-bond acceptors (Lipinski definition) is 8. The number of carbonyl (C=O) groups excluding carboxylic acids is 1. The van der Waals surface area contributed by atoms with Crippen LogP contribution in [0.25, 0.3) is 0 Å². The molecule has 2 aromatic carbocycles. The number of anilines is 2. The first-order valence-corrected chi connectivity index (χ1v) is 15.3. The van der Waals surface area contributed by atoms with E-state index in [9.17, 15) is 14.9 Å². The van der Waals surface area contributed by atoms with Crippen molar-refractivity contribution in [2.24, 2.45) is 11.8 Å². The van der Waals surface area contributed by atoms with Gasteiger partial charge in [0.2, 0.25) is 5.91 Å². The van der Waals surface area contributed by atoms with Crippen LogP contribution in [-0.4, -0.2) is 85.7 Å². The molecule has 230 valence electrons. The van der Waals surface area contributed by atoms with Crippen LogP contribution in [0.3, 0.4) is 0 Å². The minimum absolute atomic E-state index is 0.0238. The maximum atomic E-state index is 13.0. The van der Waals surface area contributed by atoms with Gasteiger partial charge >= 0.3 is 5.69 Å². The molecule has 2 fully saturated rings. The van der Waals surface area contributed by atoms with E-state index in [1.807, 2.05) is 30.9 Å². The number of nitro benzene ring substituents is 1. The fourth-order valence-electron chi connectivity index (χ4n) is 5.29. The molecule has 2 aliphatic rings. The Morgan fingerprint density at radius 3 is 2.19 bits per heavy atom. The van der Waals surface area contributed by atoms with E-state index in [2.05, 4.69) is 41.1 Å². The summed E-state index contributed by atoms with van der Waals surface area (Å²) in [4.78, 5) is 30.7. The van der Waals surface area contributed by atoms with E-state index in [0.29, 0.717) is 32.0 Å². The van der Waals surface area contributed by atoms with Crippen molar-refractivity contribution in [3.8, 4) is 11.5 Å². The fraction of sp³-hybridized carbons (Fsp3) is 0.594. The Hall–Kier alpha value is -3.53. The van der Waals surface area contributed by atoms with E-state index in [-0.39, 0.29) is 29.3 Å². The molecule has 4 rings (SSSR count). The third-order valence-corrected chi connectivity index (χ3v) is 7.75. The maximum absolute atomic E-state index is 13.0. The number of amides is 1. The first-order valence-electron chi connectivity index (χ1n) is 15.3. The molecule has 0 radical (unpaired) electrons. The van der Waals surface area contributed by atoms with Crippen LogP contribution in [0.15, 0.2) is 42.5 Å². The van der Waals surface area contributed by atoms with Crippen LogP contribution in [0.4, 0.5) is 17.1 Å². The second kappa shape index (κ2) is 15.1. The van der Waals surface area contributed by atoms with E-state index < -0.39 is 4.92 Å². The van der Waals surface area contributed by atoms with Crippen molar-refractivity contribution in [2.75, 3.05) is 69.2 Å². The van der Waals surface area contributed by atoms with Gasteiger partial charge in [0.25, 0.3) is 0 Å². The summed E-state index contributed by atoms with van der Waals surface area (Å²) in [5.41, 5.74) is 2.00. The minimum atomic E-state index is -0.410. The Labute approximate surface area is 250 Å². The fourth-order valence-corrected chi connectivity index (χ4v) is 5.29. The smallest absolute Gasteiger partial charge is 0.311 e. The summed E-state index contributed by atoms with van der Waals surface area (Å²) in [7, 11) is 0. The first kappa shape index (κ1) is 31.4. The number of nitrogens with zero attached hydrogens (tertiary/aromatic N) is 4. The number of carbonyl (C=O) groups is 1. The Morgan fingerprint density at radius 1 is 0.929 bits per heavy atom. The zero-order chi connectivity index (χ0) is 30.1. The van der Waals surface area contributed by atoms with Crippen molar-refractivity contribution in [2.45, 2.75) is 53.0 Å². The molecule has 1 amide bonds. The summed E-state index contributed by atoms with van der Waals surface area (Å²) < 4.78 is 11.5. The van der Waals surface area contributed by atoms with Crippen molar-refractivity contribution in [1.29, 1.82) is 0 Å². The van der Waals surface area contributed by atoms with Gasteiger partial charge in [-0.25, -0.2) is 0 Å². The number of nitro groups is 1. The van der Waals surface area contributed by atoms with E-state index in [1.165, 1.54) is 11.8 Å². The summed E-state index contributed by atoms with van der Waals surface area (Å²) in [6.07, 6.45) is 2.22. The molecule has 2 aliphatic heterocycles. The van der Waals surface area contributed by atoms with Gasteiger partial charge in [-0.1, -0.05) is 27.7 Å². The van der Waals surface area contributed by atoms with Gasteiger partial charge in [-0.15, -0.1) is 0 Å². The van der Waals surface area contributed by atoms with Gasteiger partial charge in [0, 0.05) is 81.8 Å². The summed E-state index contributed by atoms with van der Waals surface area (Å²) >= 11 is 0. The standard InChI is InChI=1S/C32H47N5O5/c1-24(2)22-41-29-8-6-28(7-9-29)35-19-17-34(18-20-35)14-13-32(38)36-15-11-26(12-16-36)33-27-5-10-30(37(39)40)31(21-27)42-23-25(3)4/h5-10,21,24-26,33H,11-20,22-23H2,1-4H3. The first-order chi connectivity index (χ1) is 20.2. The zero-order valence-electron chi connectivity index (χ0n) is 25.6. The van der Waals surface area contributed by atoms with E-state index in [0.717, 1.165) is 63.6 Å². The molecule has 2 aromatic rings. The van der Waals surface area contributed by atoms with Crippen molar-refractivity contribution in [3.05, 3.63) is 52.6 Å². The number of rotatable bonds is 13. The highest BCUT2D eigenvalue weighted by molar-refractivity contribution is 5.76.